The van der Waals surface area contributed by atoms with E-state index in [0.29, 0.717) is 17.7 Å². The van der Waals surface area contributed by atoms with Crippen molar-refractivity contribution in [1.82, 2.24) is 14.8 Å². The lowest BCUT2D eigenvalue weighted by Crippen LogP contribution is -2.22. The molecule has 3 heterocycles. The third kappa shape index (κ3) is 1.89. The van der Waals surface area contributed by atoms with E-state index >= 15 is 0 Å². The van der Waals surface area contributed by atoms with Gasteiger partial charge in [0.05, 0.1) is 11.8 Å². The quantitative estimate of drug-likeness (QED) is 0.743. The highest BCUT2D eigenvalue weighted by atomic mass is 32.1. The first kappa shape index (κ1) is 12.8. The number of thiophene rings is 1. The zero-order valence-corrected chi connectivity index (χ0v) is 12.0. The van der Waals surface area contributed by atoms with E-state index in [1.54, 1.807) is 19.5 Å². The third-order valence-electron chi connectivity index (χ3n) is 3.10. The van der Waals surface area contributed by atoms with E-state index in [1.807, 2.05) is 24.4 Å². The van der Waals surface area contributed by atoms with Crippen molar-refractivity contribution in [2.24, 2.45) is 0 Å². The molecule has 102 valence electrons. The van der Waals surface area contributed by atoms with Crippen LogP contribution in [0, 0.1) is 0 Å². The molecule has 0 aliphatic heterocycles. The summed E-state index contributed by atoms with van der Waals surface area (Å²) >= 11 is 1.46. The number of hydrogen-bond donors (Lipinski definition) is 0. The maximum absolute atomic E-state index is 12.4. The SMILES string of the molecule is CCn1nc(-c2cccnc2)c2scc(OC)c2c1=O. The van der Waals surface area contributed by atoms with Crippen molar-refractivity contribution in [2.75, 3.05) is 7.11 Å². The fourth-order valence-electron chi connectivity index (χ4n) is 2.12. The van der Waals surface area contributed by atoms with Crippen LogP contribution in [0.15, 0.2) is 34.7 Å². The second-order valence-electron chi connectivity index (χ2n) is 4.22. The van der Waals surface area contributed by atoms with E-state index in [0.717, 1.165) is 16.0 Å². The molecule has 0 aromatic carbocycles. The Morgan fingerprint density at radius 1 is 1.45 bits per heavy atom. The lowest BCUT2D eigenvalue weighted by molar-refractivity contribution is 0.420. The number of rotatable bonds is 3. The molecule has 0 N–H and O–H groups in total. The number of ether oxygens (including phenoxy) is 1. The molecule has 0 spiro atoms. The largest absolute Gasteiger partial charge is 0.495 e. The van der Waals surface area contributed by atoms with Gasteiger partial charge in [0.25, 0.3) is 5.56 Å². The van der Waals surface area contributed by atoms with Crippen molar-refractivity contribution < 1.29 is 4.74 Å². The minimum atomic E-state index is -0.117. The van der Waals surface area contributed by atoms with Gasteiger partial charge in [-0.15, -0.1) is 11.3 Å². The molecule has 0 saturated carbocycles. The Balaban J connectivity index is 2.41. The second-order valence-corrected chi connectivity index (χ2v) is 5.10. The molecule has 3 aromatic heterocycles. The summed E-state index contributed by atoms with van der Waals surface area (Å²) in [6, 6.07) is 3.79. The maximum Gasteiger partial charge on any atom is 0.279 e. The highest BCUT2D eigenvalue weighted by molar-refractivity contribution is 7.18. The second kappa shape index (κ2) is 5.05. The Kier molecular flexibility index (Phi) is 3.23. The van der Waals surface area contributed by atoms with Gasteiger partial charge in [0.15, 0.2) is 0 Å². The van der Waals surface area contributed by atoms with Crippen LogP contribution in [0.2, 0.25) is 0 Å². The maximum atomic E-state index is 12.4. The van der Waals surface area contributed by atoms with E-state index in [9.17, 15) is 4.79 Å². The lowest BCUT2D eigenvalue weighted by atomic mass is 10.2. The van der Waals surface area contributed by atoms with Crippen LogP contribution in [0.5, 0.6) is 5.75 Å². The summed E-state index contributed by atoms with van der Waals surface area (Å²) in [5.41, 5.74) is 1.54. The van der Waals surface area contributed by atoms with E-state index in [1.165, 1.54) is 16.0 Å². The normalized spacial score (nSPS) is 10.9. The molecular formula is C14H13N3O2S. The van der Waals surface area contributed by atoms with Crippen LogP contribution in [0.4, 0.5) is 0 Å². The molecule has 3 rings (SSSR count). The number of nitrogens with zero attached hydrogens (tertiary/aromatic N) is 3. The highest BCUT2D eigenvalue weighted by Gasteiger charge is 2.17. The molecule has 0 aliphatic rings. The molecule has 0 radical (unpaired) electrons. The minimum absolute atomic E-state index is 0.117. The minimum Gasteiger partial charge on any atom is -0.495 e. The first-order chi connectivity index (χ1) is 9.76. The zero-order chi connectivity index (χ0) is 14.1. The predicted octanol–water partition coefficient (Wildman–Crippen LogP) is 2.55. The summed E-state index contributed by atoms with van der Waals surface area (Å²) in [5, 5.41) is 6.89. The van der Waals surface area contributed by atoms with Crippen molar-refractivity contribution in [3.05, 3.63) is 40.3 Å². The Hall–Kier alpha value is -2.21. The van der Waals surface area contributed by atoms with Gasteiger partial charge in [-0.3, -0.25) is 9.78 Å². The smallest absolute Gasteiger partial charge is 0.279 e. The molecule has 5 nitrogen and oxygen atoms in total. The van der Waals surface area contributed by atoms with Crippen LogP contribution < -0.4 is 10.3 Å². The van der Waals surface area contributed by atoms with Crippen LogP contribution in [-0.4, -0.2) is 21.9 Å². The Morgan fingerprint density at radius 3 is 2.95 bits per heavy atom. The van der Waals surface area contributed by atoms with Crippen molar-refractivity contribution in [1.29, 1.82) is 0 Å². The average molecular weight is 287 g/mol. The van der Waals surface area contributed by atoms with Gasteiger partial charge in [0, 0.05) is 29.9 Å². The van der Waals surface area contributed by atoms with E-state index < -0.39 is 0 Å². The number of hydrogen-bond acceptors (Lipinski definition) is 5. The topological polar surface area (TPSA) is 57.0 Å². The molecule has 0 amide bonds. The summed E-state index contributed by atoms with van der Waals surface area (Å²) in [6.07, 6.45) is 3.46. The fraction of sp³-hybridized carbons (Fsp3) is 0.214. The average Bonchev–Trinajstić information content (AvgIpc) is 2.93. The van der Waals surface area contributed by atoms with Crippen molar-refractivity contribution in [3.8, 4) is 17.0 Å². The fourth-order valence-corrected chi connectivity index (χ4v) is 3.13. The van der Waals surface area contributed by atoms with Gasteiger partial charge in [-0.05, 0) is 19.1 Å². The number of pyridine rings is 1. The standard InChI is InChI=1S/C14H13N3O2S/c1-3-17-14(18)11-10(19-2)8-20-13(11)12(16-17)9-5-4-6-15-7-9/h4-8H,3H2,1-2H3. The highest BCUT2D eigenvalue weighted by Crippen LogP contribution is 2.35. The molecule has 0 saturated heterocycles. The molecule has 3 aromatic rings. The number of aryl methyl sites for hydroxylation is 1. The van der Waals surface area contributed by atoms with Gasteiger partial charge in [-0.25, -0.2) is 4.68 Å². The molecule has 0 aliphatic carbocycles. The number of methoxy groups -OCH3 is 1. The molecule has 0 atom stereocenters. The van der Waals surface area contributed by atoms with Gasteiger partial charge in [-0.2, -0.15) is 5.10 Å². The third-order valence-corrected chi connectivity index (χ3v) is 4.06. The van der Waals surface area contributed by atoms with E-state index in [-0.39, 0.29) is 5.56 Å². The van der Waals surface area contributed by atoms with Gasteiger partial charge >= 0.3 is 0 Å². The van der Waals surface area contributed by atoms with Crippen LogP contribution in [0.1, 0.15) is 6.92 Å². The summed E-state index contributed by atoms with van der Waals surface area (Å²) in [4.78, 5) is 16.5. The van der Waals surface area contributed by atoms with Gasteiger partial charge in [0.2, 0.25) is 0 Å². The molecule has 20 heavy (non-hydrogen) atoms. The molecular weight excluding hydrogens is 274 g/mol. The molecule has 6 heteroatoms. The summed E-state index contributed by atoms with van der Waals surface area (Å²) < 4.78 is 7.59. The summed E-state index contributed by atoms with van der Waals surface area (Å²) in [6.45, 7) is 2.41. The van der Waals surface area contributed by atoms with Crippen molar-refractivity contribution in [3.63, 3.8) is 0 Å². The van der Waals surface area contributed by atoms with Gasteiger partial charge in [-0.1, -0.05) is 0 Å². The molecule has 0 unspecified atom stereocenters. The van der Waals surface area contributed by atoms with Gasteiger partial charge in [0.1, 0.15) is 16.8 Å². The van der Waals surface area contributed by atoms with Crippen LogP contribution in [0.3, 0.4) is 0 Å². The first-order valence-corrected chi connectivity index (χ1v) is 7.11. The Morgan fingerprint density at radius 2 is 2.30 bits per heavy atom. The lowest BCUT2D eigenvalue weighted by Gasteiger charge is -2.07. The Bertz CT molecular complexity index is 808. The van der Waals surface area contributed by atoms with E-state index in [4.69, 9.17) is 4.74 Å². The number of fused-ring (bicyclic) bond motifs is 1. The predicted molar refractivity (Wildman–Crippen MR) is 79.3 cm³/mol. The zero-order valence-electron chi connectivity index (χ0n) is 11.2. The Labute approximate surface area is 119 Å². The first-order valence-electron chi connectivity index (χ1n) is 6.23. The van der Waals surface area contributed by atoms with Crippen LogP contribution in [-0.2, 0) is 6.54 Å². The molecule has 0 fully saturated rings. The number of aromatic nitrogens is 3. The summed E-state index contributed by atoms with van der Waals surface area (Å²) in [7, 11) is 1.57. The monoisotopic (exact) mass is 287 g/mol. The van der Waals surface area contributed by atoms with Gasteiger partial charge < -0.3 is 4.74 Å². The summed E-state index contributed by atoms with van der Waals surface area (Å²) in [5.74, 6) is 0.602. The van der Waals surface area contributed by atoms with Crippen molar-refractivity contribution >= 4 is 21.4 Å². The van der Waals surface area contributed by atoms with Crippen molar-refractivity contribution in [2.45, 2.75) is 13.5 Å². The molecule has 0 bridgehead atoms. The van der Waals surface area contributed by atoms with E-state index in [2.05, 4.69) is 10.1 Å². The van der Waals surface area contributed by atoms with Crippen LogP contribution >= 0.6 is 11.3 Å². The van der Waals surface area contributed by atoms with Crippen LogP contribution in [0.25, 0.3) is 21.3 Å².